The molecule has 0 aliphatic carbocycles. The highest BCUT2D eigenvalue weighted by molar-refractivity contribution is 5.96. The minimum atomic E-state index is 0.313. The van der Waals surface area contributed by atoms with Crippen LogP contribution < -0.4 is 10.2 Å². The average Bonchev–Trinajstić information content (AvgIpc) is 2.97. The SMILES string of the molecule is CC1Cc2ccccc2N1C(=O)CC1CC2CCC(C1)N2. The van der Waals surface area contributed by atoms with Gasteiger partial charge in [-0.1, -0.05) is 18.2 Å². The number of amides is 1. The maximum Gasteiger partial charge on any atom is 0.227 e. The van der Waals surface area contributed by atoms with Crippen molar-refractivity contribution in [3.63, 3.8) is 0 Å². The lowest BCUT2D eigenvalue weighted by Crippen LogP contribution is -2.41. The molecular formula is C18H24N2O. The van der Waals surface area contributed by atoms with E-state index in [9.17, 15) is 4.79 Å². The van der Waals surface area contributed by atoms with Crippen molar-refractivity contribution < 1.29 is 4.79 Å². The zero-order chi connectivity index (χ0) is 14.4. The molecule has 1 amide bonds. The monoisotopic (exact) mass is 284 g/mol. The Bertz CT molecular complexity index is 544. The van der Waals surface area contributed by atoms with Gasteiger partial charge in [0, 0.05) is 30.2 Å². The van der Waals surface area contributed by atoms with Crippen LogP contribution in [0.2, 0.25) is 0 Å². The molecule has 3 unspecified atom stereocenters. The molecule has 0 saturated carbocycles. The van der Waals surface area contributed by atoms with E-state index < -0.39 is 0 Å². The lowest BCUT2D eigenvalue weighted by Gasteiger charge is -2.31. The highest BCUT2D eigenvalue weighted by Crippen LogP contribution is 2.36. The maximum absolute atomic E-state index is 12.8. The molecule has 3 aliphatic rings. The number of para-hydroxylation sites is 1. The summed E-state index contributed by atoms with van der Waals surface area (Å²) in [5.74, 6) is 0.912. The van der Waals surface area contributed by atoms with Gasteiger partial charge in [-0.25, -0.2) is 0 Å². The number of rotatable bonds is 2. The van der Waals surface area contributed by atoms with E-state index in [1.807, 2.05) is 6.07 Å². The van der Waals surface area contributed by atoms with E-state index >= 15 is 0 Å². The van der Waals surface area contributed by atoms with Gasteiger partial charge in [0.2, 0.25) is 5.91 Å². The molecule has 3 aliphatic heterocycles. The standard InChI is InChI=1S/C18H24N2O/c1-12-8-14-4-2-3-5-17(14)20(12)18(21)11-13-9-15-6-7-16(10-13)19-15/h2-5,12-13,15-16,19H,6-11H2,1H3. The topological polar surface area (TPSA) is 32.3 Å². The van der Waals surface area contributed by atoms with Crippen molar-refractivity contribution in [2.45, 2.75) is 63.6 Å². The van der Waals surface area contributed by atoms with Gasteiger partial charge in [-0.3, -0.25) is 4.79 Å². The fourth-order valence-corrected chi connectivity index (χ4v) is 4.63. The number of anilines is 1. The van der Waals surface area contributed by atoms with E-state index in [2.05, 4.69) is 35.3 Å². The summed E-state index contributed by atoms with van der Waals surface area (Å²) in [5, 5.41) is 3.66. The Balaban J connectivity index is 1.48. The van der Waals surface area contributed by atoms with E-state index in [1.165, 1.54) is 31.2 Å². The molecule has 2 bridgehead atoms. The third-order valence-electron chi connectivity index (χ3n) is 5.51. The third-order valence-corrected chi connectivity index (χ3v) is 5.51. The fourth-order valence-electron chi connectivity index (χ4n) is 4.63. The second-order valence-corrected chi connectivity index (χ2v) is 7.13. The molecule has 3 atom stereocenters. The molecule has 4 rings (SSSR count). The Hall–Kier alpha value is -1.35. The summed E-state index contributed by atoms with van der Waals surface area (Å²) < 4.78 is 0. The summed E-state index contributed by atoms with van der Waals surface area (Å²) in [6.07, 6.45) is 6.71. The van der Waals surface area contributed by atoms with Crippen LogP contribution in [-0.4, -0.2) is 24.0 Å². The molecule has 1 aromatic rings. The Labute approximate surface area is 126 Å². The summed E-state index contributed by atoms with van der Waals surface area (Å²) in [7, 11) is 0. The molecule has 0 radical (unpaired) electrons. The lowest BCUT2D eigenvalue weighted by molar-refractivity contribution is -0.120. The van der Waals surface area contributed by atoms with E-state index in [-0.39, 0.29) is 0 Å². The molecule has 3 nitrogen and oxygen atoms in total. The Kier molecular flexibility index (Phi) is 3.26. The smallest absolute Gasteiger partial charge is 0.227 e. The third kappa shape index (κ3) is 2.38. The van der Waals surface area contributed by atoms with Crippen molar-refractivity contribution in [2.24, 2.45) is 5.92 Å². The van der Waals surface area contributed by atoms with Gasteiger partial charge in [0.05, 0.1) is 0 Å². The zero-order valence-electron chi connectivity index (χ0n) is 12.7. The van der Waals surface area contributed by atoms with E-state index in [1.54, 1.807) is 0 Å². The normalized spacial score (nSPS) is 34.0. The van der Waals surface area contributed by atoms with Crippen LogP contribution in [-0.2, 0) is 11.2 Å². The number of nitrogens with zero attached hydrogens (tertiary/aromatic N) is 1. The number of piperidine rings is 1. The minimum absolute atomic E-state index is 0.313. The number of fused-ring (bicyclic) bond motifs is 3. The first-order valence-electron chi connectivity index (χ1n) is 8.36. The van der Waals surface area contributed by atoms with Crippen molar-refractivity contribution in [1.82, 2.24) is 5.32 Å². The zero-order valence-corrected chi connectivity index (χ0v) is 12.7. The van der Waals surface area contributed by atoms with Crippen molar-refractivity contribution in [3.05, 3.63) is 29.8 Å². The minimum Gasteiger partial charge on any atom is -0.311 e. The summed E-state index contributed by atoms with van der Waals surface area (Å²) in [5.41, 5.74) is 2.47. The first-order valence-corrected chi connectivity index (χ1v) is 8.36. The van der Waals surface area contributed by atoms with Gasteiger partial charge >= 0.3 is 0 Å². The average molecular weight is 284 g/mol. The number of benzene rings is 1. The van der Waals surface area contributed by atoms with Crippen LogP contribution >= 0.6 is 0 Å². The molecule has 3 heteroatoms. The largest absolute Gasteiger partial charge is 0.311 e. The van der Waals surface area contributed by atoms with Gasteiger partial charge in [0.1, 0.15) is 0 Å². The van der Waals surface area contributed by atoms with Crippen LogP contribution in [0.5, 0.6) is 0 Å². The molecule has 2 fully saturated rings. The Morgan fingerprint density at radius 1 is 1.24 bits per heavy atom. The number of carbonyl (C=O) groups excluding carboxylic acids is 1. The van der Waals surface area contributed by atoms with Crippen molar-refractivity contribution in [1.29, 1.82) is 0 Å². The lowest BCUT2D eigenvalue weighted by atomic mass is 9.89. The summed E-state index contributed by atoms with van der Waals surface area (Å²) in [4.78, 5) is 14.9. The molecule has 0 spiro atoms. The first kappa shape index (κ1) is 13.3. The molecule has 2 saturated heterocycles. The van der Waals surface area contributed by atoms with Gasteiger partial charge in [0.15, 0.2) is 0 Å². The van der Waals surface area contributed by atoms with Gasteiger partial charge in [-0.15, -0.1) is 0 Å². The molecule has 112 valence electrons. The van der Waals surface area contributed by atoms with Gasteiger partial charge in [0.25, 0.3) is 0 Å². The highest BCUT2D eigenvalue weighted by atomic mass is 16.2. The molecule has 21 heavy (non-hydrogen) atoms. The van der Waals surface area contributed by atoms with Gasteiger partial charge < -0.3 is 10.2 Å². The number of hydrogen-bond donors (Lipinski definition) is 1. The van der Waals surface area contributed by atoms with E-state index in [0.717, 1.165) is 18.5 Å². The van der Waals surface area contributed by atoms with Crippen molar-refractivity contribution in [2.75, 3.05) is 4.90 Å². The second-order valence-electron chi connectivity index (χ2n) is 7.13. The molecule has 0 aromatic heterocycles. The Morgan fingerprint density at radius 2 is 1.95 bits per heavy atom. The maximum atomic E-state index is 12.8. The number of nitrogens with one attached hydrogen (secondary N) is 1. The highest BCUT2D eigenvalue weighted by Gasteiger charge is 2.37. The van der Waals surface area contributed by atoms with E-state index in [0.29, 0.717) is 30.0 Å². The van der Waals surface area contributed by atoms with Crippen molar-refractivity contribution >= 4 is 11.6 Å². The fraction of sp³-hybridized carbons (Fsp3) is 0.611. The predicted octanol–water partition coefficient (Wildman–Crippen LogP) is 2.88. The van der Waals surface area contributed by atoms with Gasteiger partial charge in [-0.2, -0.15) is 0 Å². The summed E-state index contributed by atoms with van der Waals surface area (Å²) >= 11 is 0. The quantitative estimate of drug-likeness (QED) is 0.905. The molecule has 1 N–H and O–H groups in total. The van der Waals surface area contributed by atoms with Crippen molar-refractivity contribution in [3.8, 4) is 0 Å². The second kappa shape index (κ2) is 5.13. The predicted molar refractivity (Wildman–Crippen MR) is 84.4 cm³/mol. The Morgan fingerprint density at radius 3 is 2.71 bits per heavy atom. The first-order chi connectivity index (χ1) is 10.2. The van der Waals surface area contributed by atoms with Crippen LogP contribution in [0, 0.1) is 5.92 Å². The summed E-state index contributed by atoms with van der Waals surface area (Å²) in [6, 6.07) is 10.0. The number of carbonyl (C=O) groups is 1. The summed E-state index contributed by atoms with van der Waals surface area (Å²) in [6.45, 7) is 2.17. The molecular weight excluding hydrogens is 260 g/mol. The van der Waals surface area contributed by atoms with Crippen LogP contribution in [0.15, 0.2) is 24.3 Å². The van der Waals surface area contributed by atoms with Crippen LogP contribution in [0.25, 0.3) is 0 Å². The van der Waals surface area contributed by atoms with Crippen LogP contribution in [0.3, 0.4) is 0 Å². The number of hydrogen-bond acceptors (Lipinski definition) is 2. The van der Waals surface area contributed by atoms with E-state index in [4.69, 9.17) is 0 Å². The van der Waals surface area contributed by atoms with Crippen LogP contribution in [0.4, 0.5) is 5.69 Å². The molecule has 1 aromatic carbocycles. The molecule has 3 heterocycles. The van der Waals surface area contributed by atoms with Gasteiger partial charge in [-0.05, 0) is 56.6 Å². The van der Waals surface area contributed by atoms with Crippen LogP contribution in [0.1, 0.15) is 44.6 Å².